The van der Waals surface area contributed by atoms with Crippen LogP contribution in [0.25, 0.3) is 0 Å². The fourth-order valence-electron chi connectivity index (χ4n) is 1.88. The smallest absolute Gasteiger partial charge is 0.229 e. The summed E-state index contributed by atoms with van der Waals surface area (Å²) in [6.07, 6.45) is 3.06. The van der Waals surface area contributed by atoms with Crippen LogP contribution in [-0.2, 0) is 11.2 Å². The molecule has 1 amide bonds. The minimum absolute atomic E-state index is 0.0145. The maximum atomic E-state index is 12.1. The highest BCUT2D eigenvalue weighted by Crippen LogP contribution is 2.28. The largest absolute Gasteiger partial charge is 0.492 e. The third kappa shape index (κ3) is 5.76. The number of nitrogens with one attached hydrogen (secondary N) is 1. The van der Waals surface area contributed by atoms with Gasteiger partial charge in [0.25, 0.3) is 0 Å². The van der Waals surface area contributed by atoms with Gasteiger partial charge < -0.3 is 15.8 Å². The van der Waals surface area contributed by atoms with Crippen molar-refractivity contribution in [1.29, 1.82) is 0 Å². The van der Waals surface area contributed by atoms with E-state index in [4.69, 9.17) is 10.5 Å². The van der Waals surface area contributed by atoms with Crippen molar-refractivity contribution in [1.82, 2.24) is 0 Å². The van der Waals surface area contributed by atoms with Gasteiger partial charge in [-0.2, -0.15) is 0 Å². The van der Waals surface area contributed by atoms with Crippen LogP contribution >= 0.6 is 0 Å². The Morgan fingerprint density at radius 1 is 1.29 bits per heavy atom. The predicted molar refractivity (Wildman–Crippen MR) is 87.7 cm³/mol. The first-order valence-corrected chi connectivity index (χ1v) is 7.65. The topological polar surface area (TPSA) is 64.3 Å². The number of ether oxygens (including phenoxy) is 1. The minimum Gasteiger partial charge on any atom is -0.492 e. The zero-order chi connectivity index (χ0) is 15.9. The maximum absolute atomic E-state index is 12.1. The molecule has 0 aliphatic rings. The summed E-state index contributed by atoms with van der Waals surface area (Å²) in [5, 5.41) is 2.95. The highest BCUT2D eigenvalue weighted by Gasteiger charge is 2.22. The van der Waals surface area contributed by atoms with Gasteiger partial charge in [-0.1, -0.05) is 26.8 Å². The second kappa shape index (κ2) is 8.03. The number of unbranched alkanes of at least 4 members (excludes halogenated alkanes) is 1. The van der Waals surface area contributed by atoms with Crippen LogP contribution in [0.15, 0.2) is 18.2 Å². The van der Waals surface area contributed by atoms with E-state index in [-0.39, 0.29) is 5.91 Å². The van der Waals surface area contributed by atoms with E-state index in [1.807, 2.05) is 45.9 Å². The Bertz CT molecular complexity index is 464. The Morgan fingerprint density at radius 2 is 2.00 bits per heavy atom. The van der Waals surface area contributed by atoms with E-state index in [9.17, 15) is 4.79 Å². The molecule has 3 N–H and O–H groups in total. The molecule has 0 bridgehead atoms. The van der Waals surface area contributed by atoms with Crippen LogP contribution < -0.4 is 15.8 Å². The molecule has 0 radical (unpaired) electrons. The number of carbonyl (C=O) groups excluding carboxylic acids is 1. The van der Waals surface area contributed by atoms with Crippen LogP contribution in [0, 0.1) is 5.41 Å². The molecule has 4 heteroatoms. The average molecular weight is 292 g/mol. The normalized spacial score (nSPS) is 11.3. The van der Waals surface area contributed by atoms with E-state index in [0.29, 0.717) is 6.61 Å². The van der Waals surface area contributed by atoms with Gasteiger partial charge in [0.15, 0.2) is 0 Å². The lowest BCUT2D eigenvalue weighted by molar-refractivity contribution is -0.123. The Morgan fingerprint density at radius 3 is 2.57 bits per heavy atom. The SMILES string of the molecule is CCOc1cc(CCCCN)ccc1NC(=O)C(C)(C)C. The molecule has 1 aromatic carbocycles. The Labute approximate surface area is 128 Å². The Balaban J connectivity index is 2.86. The molecule has 1 aromatic rings. The molecule has 118 valence electrons. The number of rotatable bonds is 7. The second-order valence-corrected chi connectivity index (χ2v) is 6.21. The number of benzene rings is 1. The van der Waals surface area contributed by atoms with Gasteiger partial charge in [0.2, 0.25) is 5.91 Å². The van der Waals surface area contributed by atoms with Crippen molar-refractivity contribution in [2.24, 2.45) is 11.1 Å². The first-order chi connectivity index (χ1) is 9.88. The van der Waals surface area contributed by atoms with Crippen molar-refractivity contribution in [3.8, 4) is 5.75 Å². The molecule has 0 saturated carbocycles. The van der Waals surface area contributed by atoms with Crippen molar-refractivity contribution in [2.75, 3.05) is 18.5 Å². The van der Waals surface area contributed by atoms with E-state index in [0.717, 1.165) is 37.2 Å². The van der Waals surface area contributed by atoms with Gasteiger partial charge in [0.1, 0.15) is 5.75 Å². The van der Waals surface area contributed by atoms with E-state index < -0.39 is 5.41 Å². The van der Waals surface area contributed by atoms with Gasteiger partial charge in [-0.25, -0.2) is 0 Å². The lowest BCUT2D eigenvalue weighted by atomic mass is 9.95. The lowest BCUT2D eigenvalue weighted by Gasteiger charge is -2.19. The van der Waals surface area contributed by atoms with Crippen LogP contribution in [0.1, 0.15) is 46.1 Å². The number of hydrogen-bond donors (Lipinski definition) is 2. The molecule has 0 heterocycles. The van der Waals surface area contributed by atoms with Gasteiger partial charge in [0, 0.05) is 5.41 Å². The monoisotopic (exact) mass is 292 g/mol. The van der Waals surface area contributed by atoms with Crippen LogP contribution in [0.4, 0.5) is 5.69 Å². The van der Waals surface area contributed by atoms with E-state index in [1.165, 1.54) is 5.56 Å². The van der Waals surface area contributed by atoms with Gasteiger partial charge in [-0.05, 0) is 50.4 Å². The summed E-state index contributed by atoms with van der Waals surface area (Å²) in [6, 6.07) is 5.97. The van der Waals surface area contributed by atoms with Crippen LogP contribution in [0.2, 0.25) is 0 Å². The maximum Gasteiger partial charge on any atom is 0.229 e. The quantitative estimate of drug-likeness (QED) is 0.757. The second-order valence-electron chi connectivity index (χ2n) is 6.21. The molecular weight excluding hydrogens is 264 g/mol. The molecule has 4 nitrogen and oxygen atoms in total. The zero-order valence-electron chi connectivity index (χ0n) is 13.7. The van der Waals surface area contributed by atoms with E-state index >= 15 is 0 Å². The summed E-state index contributed by atoms with van der Waals surface area (Å²) in [5.41, 5.74) is 7.03. The molecule has 0 fully saturated rings. The number of amides is 1. The zero-order valence-corrected chi connectivity index (χ0v) is 13.7. The van der Waals surface area contributed by atoms with Crippen molar-refractivity contribution >= 4 is 11.6 Å². The molecule has 21 heavy (non-hydrogen) atoms. The highest BCUT2D eigenvalue weighted by molar-refractivity contribution is 5.95. The number of nitrogens with two attached hydrogens (primary N) is 1. The summed E-state index contributed by atoms with van der Waals surface area (Å²) < 4.78 is 5.66. The fraction of sp³-hybridized carbons (Fsp3) is 0.588. The van der Waals surface area contributed by atoms with Crippen molar-refractivity contribution in [2.45, 2.75) is 47.0 Å². The van der Waals surface area contributed by atoms with E-state index in [2.05, 4.69) is 5.32 Å². The fourth-order valence-corrected chi connectivity index (χ4v) is 1.88. The Hall–Kier alpha value is -1.55. The van der Waals surface area contributed by atoms with Gasteiger partial charge in [0.05, 0.1) is 12.3 Å². The van der Waals surface area contributed by atoms with Crippen LogP contribution in [0.3, 0.4) is 0 Å². The van der Waals surface area contributed by atoms with Gasteiger partial charge >= 0.3 is 0 Å². The molecular formula is C17H28N2O2. The van der Waals surface area contributed by atoms with Crippen LogP contribution in [-0.4, -0.2) is 19.1 Å². The molecule has 0 aliphatic carbocycles. The molecule has 0 aromatic heterocycles. The number of hydrogen-bond acceptors (Lipinski definition) is 3. The lowest BCUT2D eigenvalue weighted by Crippen LogP contribution is -2.27. The standard InChI is InChI=1S/C17H28N2O2/c1-5-21-15-12-13(8-6-7-11-18)9-10-14(15)19-16(20)17(2,3)4/h9-10,12H,5-8,11,18H2,1-4H3,(H,19,20). The number of anilines is 1. The third-order valence-electron chi connectivity index (χ3n) is 3.19. The van der Waals surface area contributed by atoms with Crippen molar-refractivity contribution < 1.29 is 9.53 Å². The predicted octanol–water partition coefficient (Wildman–Crippen LogP) is 3.35. The number of carbonyl (C=O) groups is 1. The highest BCUT2D eigenvalue weighted by atomic mass is 16.5. The van der Waals surface area contributed by atoms with Crippen molar-refractivity contribution in [3.63, 3.8) is 0 Å². The summed E-state index contributed by atoms with van der Waals surface area (Å²) in [7, 11) is 0. The molecule has 0 spiro atoms. The van der Waals surface area contributed by atoms with E-state index in [1.54, 1.807) is 0 Å². The minimum atomic E-state index is -0.427. The first-order valence-electron chi connectivity index (χ1n) is 7.65. The summed E-state index contributed by atoms with van der Waals surface area (Å²) in [5.74, 6) is 0.722. The van der Waals surface area contributed by atoms with Gasteiger partial charge in [-0.3, -0.25) is 4.79 Å². The molecule has 0 unspecified atom stereocenters. The van der Waals surface area contributed by atoms with Gasteiger partial charge in [-0.15, -0.1) is 0 Å². The molecule has 0 saturated heterocycles. The Kier molecular flexibility index (Phi) is 6.69. The molecule has 0 aliphatic heterocycles. The van der Waals surface area contributed by atoms with Crippen molar-refractivity contribution in [3.05, 3.63) is 23.8 Å². The molecule has 0 atom stereocenters. The average Bonchev–Trinajstić information content (AvgIpc) is 2.41. The summed E-state index contributed by atoms with van der Waals surface area (Å²) in [4.78, 5) is 12.1. The summed E-state index contributed by atoms with van der Waals surface area (Å²) >= 11 is 0. The van der Waals surface area contributed by atoms with Crippen LogP contribution in [0.5, 0.6) is 5.75 Å². The first kappa shape index (κ1) is 17.5. The number of aryl methyl sites for hydroxylation is 1. The molecule has 1 rings (SSSR count). The third-order valence-corrected chi connectivity index (χ3v) is 3.19. The summed E-state index contributed by atoms with van der Waals surface area (Å²) in [6.45, 7) is 8.91.